The summed E-state index contributed by atoms with van der Waals surface area (Å²) >= 11 is 1.36. The van der Waals surface area contributed by atoms with Crippen LogP contribution in [0.2, 0.25) is 0 Å². The molecule has 0 bridgehead atoms. The molecule has 1 aliphatic rings. The van der Waals surface area contributed by atoms with Crippen molar-refractivity contribution in [3.63, 3.8) is 0 Å². The lowest BCUT2D eigenvalue weighted by Gasteiger charge is -2.37. The van der Waals surface area contributed by atoms with Crippen molar-refractivity contribution >= 4 is 34.4 Å². The van der Waals surface area contributed by atoms with Gasteiger partial charge in [-0.25, -0.2) is 14.2 Å². The second kappa shape index (κ2) is 11.9. The quantitative estimate of drug-likeness (QED) is 0.203. The van der Waals surface area contributed by atoms with Crippen LogP contribution < -0.4 is 20.1 Å². The van der Waals surface area contributed by atoms with Crippen molar-refractivity contribution in [2.75, 3.05) is 19.0 Å². The maximum Gasteiger partial charge on any atom is 0.328 e. The number of carboxylic acids is 1. The van der Waals surface area contributed by atoms with Crippen LogP contribution in [0.15, 0.2) is 72.3 Å². The monoisotopic (exact) mass is 573 g/mol. The Labute approximate surface area is 240 Å². The van der Waals surface area contributed by atoms with Gasteiger partial charge in [0.2, 0.25) is 5.91 Å². The number of nitrogens with one attached hydrogen (secondary N) is 2. The average molecular weight is 574 g/mol. The zero-order valence-electron chi connectivity index (χ0n) is 22.4. The van der Waals surface area contributed by atoms with Crippen LogP contribution in [0.4, 0.5) is 9.52 Å². The number of aromatic nitrogens is 1. The first-order chi connectivity index (χ1) is 19.7. The van der Waals surface area contributed by atoms with Gasteiger partial charge in [0.05, 0.1) is 7.11 Å². The van der Waals surface area contributed by atoms with E-state index in [4.69, 9.17) is 14.6 Å². The molecule has 0 saturated heterocycles. The molecule has 210 valence electrons. The topological polar surface area (TPSA) is 110 Å². The first kappa shape index (κ1) is 28.0. The van der Waals surface area contributed by atoms with Crippen molar-refractivity contribution in [1.29, 1.82) is 0 Å². The van der Waals surface area contributed by atoms with E-state index >= 15 is 4.39 Å². The summed E-state index contributed by atoms with van der Waals surface area (Å²) in [7, 11) is 1.55. The fourth-order valence-electron chi connectivity index (χ4n) is 4.92. The number of hydrogen-bond donors (Lipinski definition) is 3. The van der Waals surface area contributed by atoms with E-state index in [1.807, 2.05) is 19.1 Å². The molecular formula is C31H28FN3O5S. The molecule has 1 aromatic heterocycles. The molecule has 1 aliphatic heterocycles. The summed E-state index contributed by atoms with van der Waals surface area (Å²) in [5.41, 5.74) is 3.00. The van der Waals surface area contributed by atoms with E-state index in [1.165, 1.54) is 23.5 Å². The Morgan fingerprint density at radius 3 is 2.66 bits per heavy atom. The predicted octanol–water partition coefficient (Wildman–Crippen LogP) is 6.24. The first-order valence-corrected chi connectivity index (χ1v) is 13.8. The molecule has 0 unspecified atom stereocenters. The van der Waals surface area contributed by atoms with E-state index < -0.39 is 17.3 Å². The van der Waals surface area contributed by atoms with Gasteiger partial charge in [0.15, 0.2) is 16.6 Å². The number of carbonyl (C=O) groups is 2. The maximum atomic E-state index is 15.2. The van der Waals surface area contributed by atoms with Gasteiger partial charge in [-0.3, -0.25) is 4.79 Å². The molecule has 4 aromatic rings. The fourth-order valence-corrected chi connectivity index (χ4v) is 5.46. The number of hydrogen-bond acceptors (Lipinski definition) is 7. The molecule has 3 N–H and O–H groups in total. The zero-order valence-corrected chi connectivity index (χ0v) is 23.3. The highest BCUT2D eigenvalue weighted by Crippen LogP contribution is 2.41. The van der Waals surface area contributed by atoms with E-state index in [9.17, 15) is 9.59 Å². The zero-order chi connectivity index (χ0) is 29.0. The van der Waals surface area contributed by atoms with Crippen LogP contribution in [0, 0.1) is 5.82 Å². The van der Waals surface area contributed by atoms with Gasteiger partial charge in [0, 0.05) is 47.8 Å². The third-order valence-corrected chi connectivity index (χ3v) is 7.58. The number of thiazole rings is 1. The van der Waals surface area contributed by atoms with Gasteiger partial charge in [-0.1, -0.05) is 24.3 Å². The molecule has 0 saturated carbocycles. The van der Waals surface area contributed by atoms with Gasteiger partial charge >= 0.3 is 5.97 Å². The summed E-state index contributed by atoms with van der Waals surface area (Å²) in [6, 6.07) is 15.3. The van der Waals surface area contributed by atoms with Crippen molar-refractivity contribution < 1.29 is 28.6 Å². The summed E-state index contributed by atoms with van der Waals surface area (Å²) < 4.78 is 26.9. The number of aliphatic carboxylic acids is 1. The van der Waals surface area contributed by atoms with Crippen molar-refractivity contribution in [3.8, 4) is 28.4 Å². The molecule has 2 heterocycles. The van der Waals surface area contributed by atoms with Crippen LogP contribution in [0.25, 0.3) is 17.2 Å². The van der Waals surface area contributed by atoms with E-state index in [1.54, 1.807) is 55.1 Å². The lowest BCUT2D eigenvalue weighted by Crippen LogP contribution is -2.47. The first-order valence-electron chi connectivity index (χ1n) is 12.9. The van der Waals surface area contributed by atoms with Gasteiger partial charge in [0.25, 0.3) is 0 Å². The van der Waals surface area contributed by atoms with Crippen molar-refractivity contribution in [2.24, 2.45) is 0 Å². The van der Waals surface area contributed by atoms with Crippen LogP contribution in [-0.2, 0) is 21.5 Å². The minimum Gasteiger partial charge on any atom is -0.493 e. The van der Waals surface area contributed by atoms with E-state index in [2.05, 4.69) is 15.6 Å². The number of halogens is 1. The van der Waals surface area contributed by atoms with Gasteiger partial charge in [-0.05, 0) is 65.9 Å². The van der Waals surface area contributed by atoms with Crippen molar-refractivity contribution in [2.45, 2.75) is 25.3 Å². The third kappa shape index (κ3) is 6.45. The summed E-state index contributed by atoms with van der Waals surface area (Å²) in [6.07, 6.45) is 5.09. The summed E-state index contributed by atoms with van der Waals surface area (Å²) in [5.74, 6) is -0.469. The Morgan fingerprint density at radius 2 is 1.98 bits per heavy atom. The Bertz CT molecular complexity index is 1600. The molecule has 10 heteroatoms. The smallest absolute Gasteiger partial charge is 0.328 e. The molecule has 5 rings (SSSR count). The largest absolute Gasteiger partial charge is 0.493 e. The highest BCUT2D eigenvalue weighted by Gasteiger charge is 2.35. The van der Waals surface area contributed by atoms with Gasteiger partial charge in [-0.2, -0.15) is 0 Å². The van der Waals surface area contributed by atoms with Crippen LogP contribution >= 0.6 is 11.3 Å². The minimum absolute atomic E-state index is 0.162. The number of benzene rings is 3. The number of carbonyl (C=O) groups excluding carboxylic acids is 1. The van der Waals surface area contributed by atoms with E-state index in [-0.39, 0.29) is 18.1 Å². The van der Waals surface area contributed by atoms with E-state index in [0.29, 0.717) is 39.9 Å². The van der Waals surface area contributed by atoms with E-state index in [0.717, 1.165) is 23.6 Å². The van der Waals surface area contributed by atoms with Crippen molar-refractivity contribution in [3.05, 3.63) is 94.8 Å². The second-order valence-corrected chi connectivity index (χ2v) is 10.7. The number of anilines is 1. The number of amides is 1. The van der Waals surface area contributed by atoms with Crippen LogP contribution in [0.1, 0.15) is 30.0 Å². The number of carboxylic acid groups (broad SMARTS) is 1. The average Bonchev–Trinajstić information content (AvgIpc) is 3.45. The molecule has 3 aromatic carbocycles. The number of nitrogens with zero attached hydrogens (tertiary/aromatic N) is 1. The molecule has 1 amide bonds. The molecule has 0 aliphatic carbocycles. The number of methoxy groups -OCH3 is 1. The number of rotatable bonds is 9. The van der Waals surface area contributed by atoms with Crippen LogP contribution in [-0.4, -0.2) is 35.6 Å². The SMILES string of the molecule is COc1cc2c(cc1Oc1ccc(-c3ccc(/C=C/C(=O)O)cc3)c(F)c1)[C@@](C)(CC(=O)Nc1nccs1)NCC2. The fraction of sp³-hybridized carbons (Fsp3) is 0.194. The maximum absolute atomic E-state index is 15.2. The second-order valence-electron chi connectivity index (χ2n) is 9.77. The highest BCUT2D eigenvalue weighted by molar-refractivity contribution is 7.13. The molecule has 8 nitrogen and oxygen atoms in total. The molecule has 1 atom stereocenters. The lowest BCUT2D eigenvalue weighted by atomic mass is 9.81. The Hall–Kier alpha value is -4.54. The van der Waals surface area contributed by atoms with Gasteiger partial charge < -0.3 is 25.2 Å². The number of fused-ring (bicyclic) bond motifs is 1. The molecule has 41 heavy (non-hydrogen) atoms. The van der Waals surface area contributed by atoms with Crippen LogP contribution in [0.5, 0.6) is 17.2 Å². The Kier molecular flexibility index (Phi) is 8.14. The standard InChI is InChI=1S/C31H28FN3O5S/c1-31(18-28(36)35-30-33-13-14-41-30)24-17-27(26(39-2)15-21(24)11-12-34-31)40-22-8-9-23(25(32)16-22)20-6-3-19(4-7-20)5-10-29(37)38/h3-10,13-17,34H,11-12,18H2,1-2H3,(H,37,38)(H,33,35,36)/b10-5+/t31-/m1/s1. The predicted molar refractivity (Wildman–Crippen MR) is 156 cm³/mol. The summed E-state index contributed by atoms with van der Waals surface area (Å²) in [5, 5.41) is 17.5. The van der Waals surface area contributed by atoms with Gasteiger partial charge in [0.1, 0.15) is 11.6 Å². The Balaban J connectivity index is 1.38. The van der Waals surface area contributed by atoms with Crippen molar-refractivity contribution in [1.82, 2.24) is 10.3 Å². The van der Waals surface area contributed by atoms with Gasteiger partial charge in [-0.15, -0.1) is 11.3 Å². The van der Waals surface area contributed by atoms with Crippen LogP contribution in [0.3, 0.4) is 0 Å². The molecule has 0 radical (unpaired) electrons. The minimum atomic E-state index is -1.04. The molecule has 0 fully saturated rings. The summed E-state index contributed by atoms with van der Waals surface area (Å²) in [4.78, 5) is 27.7. The molecular weight excluding hydrogens is 545 g/mol. The molecule has 0 spiro atoms. The third-order valence-electron chi connectivity index (χ3n) is 6.89. The Morgan fingerprint density at radius 1 is 1.17 bits per heavy atom. The number of ether oxygens (including phenoxy) is 2. The summed E-state index contributed by atoms with van der Waals surface area (Å²) in [6.45, 7) is 2.67. The lowest BCUT2D eigenvalue weighted by molar-refractivity contribution is -0.131. The highest BCUT2D eigenvalue weighted by atomic mass is 32.1. The normalized spacial score (nSPS) is 16.3.